The van der Waals surface area contributed by atoms with Gasteiger partial charge in [0.1, 0.15) is 0 Å². The van der Waals surface area contributed by atoms with Crippen LogP contribution in [-0.2, 0) is 0 Å². The van der Waals surface area contributed by atoms with Gasteiger partial charge in [-0.15, -0.1) is 0 Å². The molecule has 0 spiro atoms. The van der Waals surface area contributed by atoms with Gasteiger partial charge in [-0.1, -0.05) is 81.6 Å². The van der Waals surface area contributed by atoms with Crippen molar-refractivity contribution in [2.75, 3.05) is 26.7 Å². The molecule has 168 valence electrons. The fourth-order valence-electron chi connectivity index (χ4n) is 4.68. The summed E-state index contributed by atoms with van der Waals surface area (Å²) in [7, 11) is 2.59. The Balaban J connectivity index is -0.00000288. The van der Waals surface area contributed by atoms with E-state index in [0.29, 0.717) is 0 Å². The van der Waals surface area contributed by atoms with Gasteiger partial charge in [-0.3, -0.25) is 0 Å². The lowest BCUT2D eigenvalue weighted by Crippen LogP contribution is -2.53. The SMILES string of the molecule is C.CCCCC(CC)C[N+](C)(CC(CC)CCCC)CC(CC)C(C)C.[CH3-]. The predicted molar refractivity (Wildman–Crippen MR) is 129 cm³/mol. The average molecular weight is 386 g/mol. The van der Waals surface area contributed by atoms with Crippen LogP contribution in [-0.4, -0.2) is 31.2 Å². The first-order valence-electron chi connectivity index (χ1n) is 11.7. The van der Waals surface area contributed by atoms with Crippen LogP contribution in [0, 0.1) is 31.1 Å². The molecule has 0 aliphatic heterocycles. The summed E-state index contributed by atoms with van der Waals surface area (Å²) in [4.78, 5) is 0. The third kappa shape index (κ3) is 13.7. The highest BCUT2D eigenvalue weighted by Crippen LogP contribution is 2.27. The van der Waals surface area contributed by atoms with Gasteiger partial charge in [-0.2, -0.15) is 0 Å². The summed E-state index contributed by atoms with van der Waals surface area (Å²) in [6, 6.07) is 0. The molecule has 1 heteroatoms. The van der Waals surface area contributed by atoms with Crippen LogP contribution >= 0.6 is 0 Å². The van der Waals surface area contributed by atoms with E-state index in [2.05, 4.69) is 55.5 Å². The van der Waals surface area contributed by atoms with Gasteiger partial charge in [0, 0.05) is 17.8 Å². The Morgan fingerprint density at radius 2 is 1.07 bits per heavy atom. The highest BCUT2D eigenvalue weighted by Gasteiger charge is 2.32. The van der Waals surface area contributed by atoms with Crippen molar-refractivity contribution in [3.8, 4) is 0 Å². The molecular weight excluding hydrogens is 326 g/mol. The zero-order chi connectivity index (χ0) is 19.3. The van der Waals surface area contributed by atoms with Gasteiger partial charge in [0.05, 0.1) is 26.7 Å². The van der Waals surface area contributed by atoms with E-state index in [9.17, 15) is 0 Å². The molecule has 1 nitrogen and oxygen atoms in total. The Morgan fingerprint density at radius 1 is 0.667 bits per heavy atom. The third-order valence-corrected chi connectivity index (χ3v) is 6.63. The molecule has 3 unspecified atom stereocenters. The zero-order valence-electron chi connectivity index (χ0n) is 20.2. The van der Waals surface area contributed by atoms with Crippen LogP contribution in [0.4, 0.5) is 0 Å². The highest BCUT2D eigenvalue weighted by atomic mass is 15.3. The summed E-state index contributed by atoms with van der Waals surface area (Å²) < 4.78 is 1.32. The molecule has 27 heavy (non-hydrogen) atoms. The zero-order valence-corrected chi connectivity index (χ0v) is 20.2. The fourth-order valence-corrected chi connectivity index (χ4v) is 4.68. The van der Waals surface area contributed by atoms with Gasteiger partial charge in [0.25, 0.3) is 0 Å². The molecule has 3 atom stereocenters. The fraction of sp³-hybridized carbons (Fsp3) is 0.962. The number of nitrogens with zero attached hydrogens (tertiary/aromatic N) is 1. The van der Waals surface area contributed by atoms with Crippen molar-refractivity contribution in [3.05, 3.63) is 7.43 Å². The van der Waals surface area contributed by atoms with Crippen LogP contribution in [0.25, 0.3) is 0 Å². The van der Waals surface area contributed by atoms with Crippen LogP contribution in [0.3, 0.4) is 0 Å². The Hall–Kier alpha value is -0.0400. The summed E-state index contributed by atoms with van der Waals surface area (Å²) >= 11 is 0. The Labute approximate surface area is 176 Å². The van der Waals surface area contributed by atoms with Crippen molar-refractivity contribution in [1.29, 1.82) is 0 Å². The Morgan fingerprint density at radius 3 is 1.33 bits per heavy atom. The molecular formula is C26H59N. The largest absolute Gasteiger partial charge is 0.358 e. The molecule has 0 aliphatic rings. The van der Waals surface area contributed by atoms with Crippen molar-refractivity contribution >= 4 is 0 Å². The monoisotopic (exact) mass is 385 g/mol. The van der Waals surface area contributed by atoms with E-state index in [0.717, 1.165) is 23.7 Å². The number of rotatable bonds is 16. The van der Waals surface area contributed by atoms with Crippen molar-refractivity contribution < 1.29 is 4.48 Å². The van der Waals surface area contributed by atoms with Crippen LogP contribution in [0.5, 0.6) is 0 Å². The normalized spacial score (nSPS) is 16.8. The first kappa shape index (κ1) is 31.6. The van der Waals surface area contributed by atoms with Gasteiger partial charge >= 0.3 is 0 Å². The number of quaternary nitrogens is 1. The molecule has 0 rings (SSSR count). The van der Waals surface area contributed by atoms with Gasteiger partial charge in [0.15, 0.2) is 0 Å². The van der Waals surface area contributed by atoms with Crippen LogP contribution in [0.2, 0.25) is 0 Å². The van der Waals surface area contributed by atoms with Crippen LogP contribution in [0.15, 0.2) is 0 Å². The van der Waals surface area contributed by atoms with E-state index in [1.807, 2.05) is 0 Å². The maximum absolute atomic E-state index is 2.59. The quantitative estimate of drug-likeness (QED) is 0.184. The summed E-state index contributed by atoms with van der Waals surface area (Å²) in [5.41, 5.74) is 0. The number of hydrogen-bond donors (Lipinski definition) is 0. The van der Waals surface area contributed by atoms with E-state index in [1.54, 1.807) is 0 Å². The van der Waals surface area contributed by atoms with Gasteiger partial charge in [-0.25, -0.2) is 0 Å². The maximum atomic E-state index is 2.59. The van der Waals surface area contributed by atoms with Gasteiger partial charge in [-0.05, 0) is 38.0 Å². The lowest BCUT2D eigenvalue weighted by molar-refractivity contribution is -0.919. The second-order valence-electron chi connectivity index (χ2n) is 9.41. The lowest BCUT2D eigenvalue weighted by Gasteiger charge is -2.43. The molecule has 0 saturated heterocycles. The van der Waals surface area contributed by atoms with E-state index in [4.69, 9.17) is 0 Å². The molecule has 0 fully saturated rings. The van der Waals surface area contributed by atoms with Crippen molar-refractivity contribution in [1.82, 2.24) is 0 Å². The molecule has 0 aromatic rings. The standard InChI is InChI=1S/C24H52N.CH4.CH3/c1-9-14-16-22(11-3)18-25(8,20-24(13-5)21(6)7)19-23(12-4)17-15-10-2;;/h21-24H,9-20H2,1-8H3;1H4;1H3/q+1;;-1. The van der Waals surface area contributed by atoms with Crippen molar-refractivity contribution in [3.63, 3.8) is 0 Å². The highest BCUT2D eigenvalue weighted by molar-refractivity contribution is 4.66. The maximum Gasteiger partial charge on any atom is 0.0815 e. The molecule has 0 N–H and O–H groups in total. The minimum Gasteiger partial charge on any atom is -0.358 e. The van der Waals surface area contributed by atoms with E-state index in [-0.39, 0.29) is 14.9 Å². The Bertz CT molecular complexity index is 279. The predicted octanol–water partition coefficient (Wildman–Crippen LogP) is 8.63. The topological polar surface area (TPSA) is 0 Å². The summed E-state index contributed by atoms with van der Waals surface area (Å²) in [5, 5.41) is 0. The first-order chi connectivity index (χ1) is 11.9. The third-order valence-electron chi connectivity index (χ3n) is 6.63. The number of unbranched alkanes of at least 4 members (excludes halogenated alkanes) is 2. The lowest BCUT2D eigenvalue weighted by atomic mass is 9.89. The summed E-state index contributed by atoms with van der Waals surface area (Å²) in [5.74, 6) is 3.52. The number of hydrogen-bond acceptors (Lipinski definition) is 0. The minimum absolute atomic E-state index is 0. The second kappa shape index (κ2) is 18.0. The minimum atomic E-state index is 0. The molecule has 0 bridgehead atoms. The van der Waals surface area contributed by atoms with E-state index in [1.165, 1.54) is 81.9 Å². The molecule has 0 saturated carbocycles. The molecule has 0 heterocycles. The summed E-state index contributed by atoms with van der Waals surface area (Å²) in [6.45, 7) is 21.0. The smallest absolute Gasteiger partial charge is 0.0815 e. The average Bonchev–Trinajstić information content (AvgIpc) is 2.60. The van der Waals surface area contributed by atoms with Crippen LogP contribution < -0.4 is 0 Å². The van der Waals surface area contributed by atoms with E-state index >= 15 is 0 Å². The van der Waals surface area contributed by atoms with Crippen LogP contribution in [0.1, 0.15) is 114 Å². The molecule has 0 aliphatic carbocycles. The Kier molecular flexibility index (Phi) is 21.1. The second-order valence-corrected chi connectivity index (χ2v) is 9.41. The molecule has 0 amide bonds. The molecule has 0 aromatic heterocycles. The summed E-state index contributed by atoms with van der Waals surface area (Å²) in [6.07, 6.45) is 12.4. The van der Waals surface area contributed by atoms with Crippen molar-refractivity contribution in [2.45, 2.75) is 114 Å². The first-order valence-corrected chi connectivity index (χ1v) is 11.7. The molecule has 0 aromatic carbocycles. The molecule has 0 radical (unpaired) electrons. The van der Waals surface area contributed by atoms with E-state index < -0.39 is 0 Å². The van der Waals surface area contributed by atoms with Crippen molar-refractivity contribution in [2.24, 2.45) is 23.7 Å². The van der Waals surface area contributed by atoms with Gasteiger partial charge < -0.3 is 11.9 Å². The van der Waals surface area contributed by atoms with Gasteiger partial charge in [0.2, 0.25) is 0 Å².